The van der Waals surface area contributed by atoms with Crippen LogP contribution in [0.1, 0.15) is 34.6 Å². The summed E-state index contributed by atoms with van der Waals surface area (Å²) in [4.78, 5) is 17.3. The van der Waals surface area contributed by atoms with Gasteiger partial charge in [0.15, 0.2) is 10.9 Å². The maximum Gasteiger partial charge on any atom is 0.175 e. The largest absolute Gasteiger partial charge is 0.376 e. The van der Waals surface area contributed by atoms with Gasteiger partial charge in [-0.3, -0.25) is 9.36 Å². The number of Topliss-reactive ketones (excluding diaryl/α,β-unsaturated/α-hetero) is 1. The van der Waals surface area contributed by atoms with Crippen LogP contribution >= 0.6 is 23.4 Å². The smallest absolute Gasteiger partial charge is 0.175 e. The lowest BCUT2D eigenvalue weighted by Gasteiger charge is -2.14. The fraction of sp³-hybridized carbons (Fsp3) is 0.364. The summed E-state index contributed by atoms with van der Waals surface area (Å²) in [6, 6.07) is 9.57. The zero-order chi connectivity index (χ0) is 20.4. The summed E-state index contributed by atoms with van der Waals surface area (Å²) in [6.07, 6.45) is 6.10. The molecule has 5 nitrogen and oxygen atoms in total. The van der Waals surface area contributed by atoms with Crippen LogP contribution in [-0.2, 0) is 11.3 Å². The summed E-state index contributed by atoms with van der Waals surface area (Å²) >= 11 is 7.43. The normalized spacial score (nSPS) is 16.4. The van der Waals surface area contributed by atoms with Crippen LogP contribution < -0.4 is 0 Å². The van der Waals surface area contributed by atoms with Gasteiger partial charge < -0.3 is 9.30 Å². The summed E-state index contributed by atoms with van der Waals surface area (Å²) < 4.78 is 9.94. The number of aryl methyl sites for hydroxylation is 1. The first-order valence-corrected chi connectivity index (χ1v) is 11.1. The van der Waals surface area contributed by atoms with Crippen molar-refractivity contribution in [2.75, 3.05) is 12.4 Å². The van der Waals surface area contributed by atoms with Crippen LogP contribution in [0.4, 0.5) is 0 Å². The van der Waals surface area contributed by atoms with Crippen LogP contribution in [0.15, 0.2) is 47.9 Å². The van der Waals surface area contributed by atoms with Crippen molar-refractivity contribution in [3.8, 4) is 5.69 Å². The van der Waals surface area contributed by atoms with Gasteiger partial charge in [-0.2, -0.15) is 0 Å². The van der Waals surface area contributed by atoms with Crippen LogP contribution in [0, 0.1) is 13.8 Å². The van der Waals surface area contributed by atoms with Gasteiger partial charge in [-0.05, 0) is 57.0 Å². The Bertz CT molecular complexity index is 1000. The summed E-state index contributed by atoms with van der Waals surface area (Å²) in [5.74, 6) is 0.460. The molecule has 3 heterocycles. The second kappa shape index (κ2) is 8.78. The van der Waals surface area contributed by atoms with E-state index in [1.807, 2.05) is 48.0 Å². The fourth-order valence-electron chi connectivity index (χ4n) is 3.76. The number of thioether (sulfide) groups is 1. The van der Waals surface area contributed by atoms with Gasteiger partial charge in [-0.25, -0.2) is 4.98 Å². The van der Waals surface area contributed by atoms with Gasteiger partial charge in [0.2, 0.25) is 0 Å². The number of benzene rings is 1. The predicted molar refractivity (Wildman–Crippen MR) is 117 cm³/mol. The topological polar surface area (TPSA) is 49.0 Å². The minimum atomic E-state index is 0.118. The predicted octanol–water partition coefficient (Wildman–Crippen LogP) is 5.10. The van der Waals surface area contributed by atoms with Gasteiger partial charge in [-0.15, -0.1) is 0 Å². The van der Waals surface area contributed by atoms with Crippen LogP contribution in [0.5, 0.6) is 0 Å². The fourth-order valence-corrected chi connectivity index (χ4v) is 4.74. The Labute approximate surface area is 180 Å². The third kappa shape index (κ3) is 4.44. The molecule has 0 aliphatic carbocycles. The van der Waals surface area contributed by atoms with Crippen LogP contribution in [0.3, 0.4) is 0 Å². The van der Waals surface area contributed by atoms with Gasteiger partial charge in [0, 0.05) is 53.2 Å². The van der Waals surface area contributed by atoms with Gasteiger partial charge >= 0.3 is 0 Å². The summed E-state index contributed by atoms with van der Waals surface area (Å²) in [7, 11) is 0. The lowest BCUT2D eigenvalue weighted by molar-refractivity contribution is 0.0957. The Morgan fingerprint density at radius 1 is 1.31 bits per heavy atom. The Hall–Kier alpha value is -2.02. The molecule has 0 saturated carbocycles. The number of carbonyl (C=O) groups is 1. The van der Waals surface area contributed by atoms with E-state index in [0.29, 0.717) is 10.8 Å². The molecular weight excluding hydrogens is 406 g/mol. The van der Waals surface area contributed by atoms with Crippen molar-refractivity contribution >= 4 is 29.1 Å². The maximum absolute atomic E-state index is 12.9. The second-order valence-electron chi connectivity index (χ2n) is 7.30. The quantitative estimate of drug-likeness (QED) is 0.387. The highest BCUT2D eigenvalue weighted by Crippen LogP contribution is 2.25. The molecule has 3 aromatic rings. The number of aromatic nitrogens is 3. The number of ketones is 1. The van der Waals surface area contributed by atoms with E-state index in [0.717, 1.165) is 53.8 Å². The van der Waals surface area contributed by atoms with E-state index in [1.54, 1.807) is 6.20 Å². The molecule has 0 amide bonds. The van der Waals surface area contributed by atoms with Crippen LogP contribution in [-0.4, -0.2) is 38.4 Å². The lowest BCUT2D eigenvalue weighted by atomic mass is 10.2. The number of hydrogen-bond donors (Lipinski definition) is 0. The lowest BCUT2D eigenvalue weighted by Crippen LogP contribution is -2.17. The van der Waals surface area contributed by atoms with Crippen molar-refractivity contribution in [3.63, 3.8) is 0 Å². The zero-order valence-electron chi connectivity index (χ0n) is 16.6. The van der Waals surface area contributed by atoms with Crippen molar-refractivity contribution in [1.29, 1.82) is 0 Å². The van der Waals surface area contributed by atoms with E-state index in [9.17, 15) is 4.79 Å². The van der Waals surface area contributed by atoms with Crippen molar-refractivity contribution in [1.82, 2.24) is 14.1 Å². The van der Waals surface area contributed by atoms with Gasteiger partial charge in [0.05, 0.1) is 11.9 Å². The molecule has 152 valence electrons. The van der Waals surface area contributed by atoms with Gasteiger partial charge in [-0.1, -0.05) is 23.4 Å². The van der Waals surface area contributed by atoms with Crippen molar-refractivity contribution in [3.05, 3.63) is 64.7 Å². The molecule has 0 bridgehead atoms. The third-order valence-electron chi connectivity index (χ3n) is 5.33. The maximum atomic E-state index is 12.9. The van der Waals surface area contributed by atoms with Crippen molar-refractivity contribution in [2.24, 2.45) is 0 Å². The zero-order valence-corrected chi connectivity index (χ0v) is 18.2. The molecule has 1 atom stereocenters. The minimum Gasteiger partial charge on any atom is -0.376 e. The second-order valence-corrected chi connectivity index (χ2v) is 8.68. The molecule has 1 aliphatic rings. The highest BCUT2D eigenvalue weighted by molar-refractivity contribution is 7.99. The average Bonchev–Trinajstić information content (AvgIpc) is 3.45. The van der Waals surface area contributed by atoms with E-state index in [-0.39, 0.29) is 11.9 Å². The van der Waals surface area contributed by atoms with Crippen molar-refractivity contribution in [2.45, 2.75) is 44.5 Å². The number of hydrogen-bond acceptors (Lipinski definition) is 4. The molecule has 1 saturated heterocycles. The summed E-state index contributed by atoms with van der Waals surface area (Å²) in [5, 5.41) is 1.48. The van der Waals surface area contributed by atoms with Gasteiger partial charge in [0.25, 0.3) is 0 Å². The van der Waals surface area contributed by atoms with E-state index >= 15 is 0 Å². The summed E-state index contributed by atoms with van der Waals surface area (Å²) in [5.41, 5.74) is 3.88. The van der Waals surface area contributed by atoms with Crippen LogP contribution in [0.2, 0.25) is 5.02 Å². The Balaban J connectivity index is 1.46. The molecule has 7 heteroatoms. The van der Waals surface area contributed by atoms with E-state index in [4.69, 9.17) is 16.3 Å². The molecule has 1 unspecified atom stereocenters. The Morgan fingerprint density at radius 2 is 2.10 bits per heavy atom. The number of imidazole rings is 1. The third-order valence-corrected chi connectivity index (χ3v) is 6.55. The molecule has 1 aromatic carbocycles. The first-order valence-electron chi connectivity index (χ1n) is 9.76. The SMILES string of the molecule is Cc1cc(C(=O)CSc2nccn2-c2ccc(Cl)cc2)c(C)n1CC1CCCO1. The standard InChI is InChI=1S/C22H24ClN3O2S/c1-15-12-20(16(2)26(15)13-19-4-3-11-28-19)21(27)14-29-22-24-9-10-25(22)18-7-5-17(23)6-8-18/h5-10,12,19H,3-4,11,13-14H2,1-2H3. The Kier molecular flexibility index (Phi) is 6.13. The molecule has 0 N–H and O–H groups in total. The van der Waals surface area contributed by atoms with Crippen molar-refractivity contribution < 1.29 is 9.53 Å². The molecular formula is C22H24ClN3O2S. The number of rotatable bonds is 7. The van der Waals surface area contributed by atoms with Gasteiger partial charge in [0.1, 0.15) is 0 Å². The van der Waals surface area contributed by atoms with E-state index < -0.39 is 0 Å². The molecule has 1 aliphatic heterocycles. The molecule has 2 aromatic heterocycles. The summed E-state index contributed by atoms with van der Waals surface area (Å²) in [6.45, 7) is 5.74. The molecule has 29 heavy (non-hydrogen) atoms. The first kappa shape index (κ1) is 20.3. The average molecular weight is 430 g/mol. The monoisotopic (exact) mass is 429 g/mol. The highest BCUT2D eigenvalue weighted by Gasteiger charge is 2.21. The van der Waals surface area contributed by atoms with E-state index in [2.05, 4.69) is 16.5 Å². The molecule has 0 spiro atoms. The Morgan fingerprint density at radius 3 is 2.83 bits per heavy atom. The number of nitrogens with zero attached hydrogens (tertiary/aromatic N) is 3. The number of ether oxygens (including phenoxy) is 1. The molecule has 1 fully saturated rings. The minimum absolute atomic E-state index is 0.118. The van der Waals surface area contributed by atoms with E-state index in [1.165, 1.54) is 11.8 Å². The molecule has 0 radical (unpaired) electrons. The molecule has 4 rings (SSSR count). The van der Waals surface area contributed by atoms with Crippen LogP contribution in [0.25, 0.3) is 5.69 Å². The number of carbonyl (C=O) groups excluding carboxylic acids is 1. The number of halogens is 1. The first-order chi connectivity index (χ1) is 14.0. The highest BCUT2D eigenvalue weighted by atomic mass is 35.5.